The molecule has 3 heteroatoms. The number of para-hydroxylation sites is 1. The second-order valence-corrected chi connectivity index (χ2v) is 6.01. The van der Waals surface area contributed by atoms with Gasteiger partial charge in [-0.25, -0.2) is 0 Å². The summed E-state index contributed by atoms with van der Waals surface area (Å²) in [5, 5.41) is 0.864. The van der Waals surface area contributed by atoms with E-state index in [0.717, 1.165) is 36.9 Å². The van der Waals surface area contributed by atoms with E-state index in [1.807, 2.05) is 12.1 Å². The van der Waals surface area contributed by atoms with Crippen LogP contribution in [0.4, 0.5) is 5.69 Å². The summed E-state index contributed by atoms with van der Waals surface area (Å²) in [5.41, 5.74) is 8.62. The van der Waals surface area contributed by atoms with Crippen LogP contribution in [-0.2, 0) is 6.42 Å². The largest absolute Gasteiger partial charge is 0.370 e. The van der Waals surface area contributed by atoms with Crippen LogP contribution in [-0.4, -0.2) is 19.1 Å². The molecule has 1 saturated carbocycles. The molecule has 1 unspecified atom stereocenters. The average Bonchev–Trinajstić information content (AvgIpc) is 3.21. The van der Waals surface area contributed by atoms with Gasteiger partial charge in [0.05, 0.1) is 10.7 Å². The van der Waals surface area contributed by atoms with E-state index in [1.165, 1.54) is 24.1 Å². The van der Waals surface area contributed by atoms with E-state index in [4.69, 9.17) is 17.3 Å². The highest BCUT2D eigenvalue weighted by Gasteiger charge is 2.25. The lowest BCUT2D eigenvalue weighted by atomic mass is 10.0. The number of rotatable bonds is 7. The highest BCUT2D eigenvalue weighted by atomic mass is 35.5. The molecular formula is C16H25ClN2. The molecule has 2 rings (SSSR count). The minimum absolute atomic E-state index is 0.219. The lowest BCUT2D eigenvalue weighted by Gasteiger charge is -2.27. The Morgan fingerprint density at radius 3 is 2.68 bits per heavy atom. The molecule has 1 fully saturated rings. The maximum atomic E-state index is 6.45. The van der Waals surface area contributed by atoms with Crippen LogP contribution in [0.15, 0.2) is 18.2 Å². The summed E-state index contributed by atoms with van der Waals surface area (Å²) in [5.74, 6) is 0.865. The van der Waals surface area contributed by atoms with Crippen LogP contribution in [0.25, 0.3) is 0 Å². The van der Waals surface area contributed by atoms with Crippen molar-refractivity contribution < 1.29 is 0 Å². The van der Waals surface area contributed by atoms with E-state index < -0.39 is 0 Å². The highest BCUT2D eigenvalue weighted by molar-refractivity contribution is 6.33. The Labute approximate surface area is 121 Å². The predicted octanol–water partition coefficient (Wildman–Crippen LogP) is 3.86. The SMILES string of the molecule is CCC(N)Cc1cccc(Cl)c1N(CC)CC1CC1. The van der Waals surface area contributed by atoms with Gasteiger partial charge in [-0.2, -0.15) is 0 Å². The summed E-state index contributed by atoms with van der Waals surface area (Å²) in [6.07, 6.45) is 4.64. The smallest absolute Gasteiger partial charge is 0.0642 e. The maximum absolute atomic E-state index is 6.45. The standard InChI is InChI=1S/C16H25ClN2/c1-3-14(18)10-13-6-5-7-15(17)16(13)19(4-2)11-12-8-9-12/h5-7,12,14H,3-4,8-11,18H2,1-2H3. The van der Waals surface area contributed by atoms with Crippen molar-refractivity contribution in [3.63, 3.8) is 0 Å². The van der Waals surface area contributed by atoms with Crippen molar-refractivity contribution in [1.29, 1.82) is 0 Å². The molecule has 0 aromatic heterocycles. The molecule has 1 aromatic rings. The van der Waals surface area contributed by atoms with Crippen molar-refractivity contribution >= 4 is 17.3 Å². The van der Waals surface area contributed by atoms with Crippen LogP contribution in [0.3, 0.4) is 0 Å². The first-order valence-corrected chi connectivity index (χ1v) is 7.81. The van der Waals surface area contributed by atoms with Crippen LogP contribution in [0.2, 0.25) is 5.02 Å². The van der Waals surface area contributed by atoms with E-state index in [0.29, 0.717) is 0 Å². The minimum atomic E-state index is 0.219. The molecule has 2 nitrogen and oxygen atoms in total. The maximum Gasteiger partial charge on any atom is 0.0642 e. The van der Waals surface area contributed by atoms with Crippen LogP contribution in [0.1, 0.15) is 38.7 Å². The topological polar surface area (TPSA) is 29.3 Å². The van der Waals surface area contributed by atoms with Crippen molar-refractivity contribution in [1.82, 2.24) is 0 Å². The number of hydrogen-bond acceptors (Lipinski definition) is 2. The Morgan fingerprint density at radius 2 is 2.11 bits per heavy atom. The first kappa shape index (κ1) is 14.7. The summed E-state index contributed by atoms with van der Waals surface area (Å²) < 4.78 is 0. The second-order valence-electron chi connectivity index (χ2n) is 5.60. The van der Waals surface area contributed by atoms with Gasteiger partial charge in [0.15, 0.2) is 0 Å². The fourth-order valence-electron chi connectivity index (χ4n) is 2.50. The third-order valence-corrected chi connectivity index (χ3v) is 4.26. The van der Waals surface area contributed by atoms with E-state index in [1.54, 1.807) is 0 Å². The molecular weight excluding hydrogens is 256 g/mol. The third kappa shape index (κ3) is 3.87. The quantitative estimate of drug-likeness (QED) is 0.822. The number of nitrogens with two attached hydrogens (primary N) is 1. The van der Waals surface area contributed by atoms with E-state index in [-0.39, 0.29) is 6.04 Å². The Morgan fingerprint density at radius 1 is 1.37 bits per heavy atom. The molecule has 1 atom stereocenters. The Bertz CT molecular complexity index is 415. The van der Waals surface area contributed by atoms with Gasteiger partial charge in [-0.15, -0.1) is 0 Å². The number of hydrogen-bond donors (Lipinski definition) is 1. The molecule has 0 radical (unpaired) electrons. The number of benzene rings is 1. The zero-order valence-corrected chi connectivity index (χ0v) is 12.8. The van der Waals surface area contributed by atoms with Gasteiger partial charge < -0.3 is 10.6 Å². The number of nitrogens with zero attached hydrogens (tertiary/aromatic N) is 1. The molecule has 0 bridgehead atoms. The van der Waals surface area contributed by atoms with Gasteiger partial charge in [0.25, 0.3) is 0 Å². The van der Waals surface area contributed by atoms with Gasteiger partial charge in [0.1, 0.15) is 0 Å². The molecule has 1 aliphatic carbocycles. The number of anilines is 1. The summed E-state index contributed by atoms with van der Waals surface area (Å²) >= 11 is 6.45. The minimum Gasteiger partial charge on any atom is -0.370 e. The first-order chi connectivity index (χ1) is 9.15. The third-order valence-electron chi connectivity index (χ3n) is 3.95. The Balaban J connectivity index is 2.23. The van der Waals surface area contributed by atoms with Crippen LogP contribution in [0.5, 0.6) is 0 Å². The lowest BCUT2D eigenvalue weighted by Crippen LogP contribution is -2.28. The highest BCUT2D eigenvalue weighted by Crippen LogP contribution is 2.36. The zero-order valence-electron chi connectivity index (χ0n) is 12.0. The van der Waals surface area contributed by atoms with Gasteiger partial charge in [-0.05, 0) is 50.2 Å². The predicted molar refractivity (Wildman–Crippen MR) is 84.0 cm³/mol. The second kappa shape index (κ2) is 6.62. The lowest BCUT2D eigenvalue weighted by molar-refractivity contribution is 0.642. The summed E-state index contributed by atoms with van der Waals surface area (Å²) in [6, 6.07) is 6.42. The Kier molecular flexibility index (Phi) is 5.12. The molecule has 0 amide bonds. The molecule has 2 N–H and O–H groups in total. The molecule has 1 aliphatic rings. The number of halogens is 1. The van der Waals surface area contributed by atoms with Crippen molar-refractivity contribution in [3.05, 3.63) is 28.8 Å². The summed E-state index contributed by atoms with van der Waals surface area (Å²) in [6.45, 7) is 6.48. The van der Waals surface area contributed by atoms with Crippen molar-refractivity contribution in [2.45, 2.75) is 45.6 Å². The fraction of sp³-hybridized carbons (Fsp3) is 0.625. The van der Waals surface area contributed by atoms with Crippen LogP contribution >= 0.6 is 11.6 Å². The van der Waals surface area contributed by atoms with E-state index in [9.17, 15) is 0 Å². The monoisotopic (exact) mass is 280 g/mol. The van der Waals surface area contributed by atoms with Crippen molar-refractivity contribution in [3.8, 4) is 0 Å². The molecule has 0 spiro atoms. The van der Waals surface area contributed by atoms with Crippen molar-refractivity contribution in [2.24, 2.45) is 11.7 Å². The molecule has 106 valence electrons. The fourth-order valence-corrected chi connectivity index (χ4v) is 2.81. The normalized spacial score (nSPS) is 16.4. The van der Waals surface area contributed by atoms with Crippen LogP contribution in [0, 0.1) is 5.92 Å². The molecule has 0 aliphatic heterocycles. The van der Waals surface area contributed by atoms with Crippen LogP contribution < -0.4 is 10.6 Å². The Hall–Kier alpha value is -0.730. The molecule has 1 aromatic carbocycles. The van der Waals surface area contributed by atoms with Gasteiger partial charge in [-0.3, -0.25) is 0 Å². The van der Waals surface area contributed by atoms with Gasteiger partial charge in [0.2, 0.25) is 0 Å². The average molecular weight is 281 g/mol. The van der Waals surface area contributed by atoms with Crippen molar-refractivity contribution in [2.75, 3.05) is 18.0 Å². The van der Waals surface area contributed by atoms with E-state index >= 15 is 0 Å². The van der Waals surface area contributed by atoms with Gasteiger partial charge in [0, 0.05) is 19.1 Å². The summed E-state index contributed by atoms with van der Waals surface area (Å²) in [7, 11) is 0. The van der Waals surface area contributed by atoms with Gasteiger partial charge >= 0.3 is 0 Å². The van der Waals surface area contributed by atoms with Gasteiger partial charge in [-0.1, -0.05) is 30.7 Å². The molecule has 0 heterocycles. The summed E-state index contributed by atoms with van der Waals surface area (Å²) in [4.78, 5) is 2.43. The zero-order chi connectivity index (χ0) is 13.8. The molecule has 19 heavy (non-hydrogen) atoms. The van der Waals surface area contributed by atoms with E-state index in [2.05, 4.69) is 24.8 Å². The first-order valence-electron chi connectivity index (χ1n) is 7.43. The molecule has 0 saturated heterocycles.